The summed E-state index contributed by atoms with van der Waals surface area (Å²) in [5, 5.41) is 0. The molecule has 0 aliphatic heterocycles. The quantitative estimate of drug-likeness (QED) is 0.624. The van der Waals surface area contributed by atoms with Gasteiger partial charge in [0.15, 0.2) is 0 Å². The Morgan fingerprint density at radius 3 is 2.38 bits per heavy atom. The molecule has 3 rings (SSSR count). The van der Waals surface area contributed by atoms with E-state index < -0.39 is 0 Å². The Balaban J connectivity index is 1.96. The zero-order valence-electron chi connectivity index (χ0n) is 13.9. The molecule has 2 heteroatoms. The van der Waals surface area contributed by atoms with Crippen LogP contribution in [0.3, 0.4) is 0 Å². The molecule has 0 aliphatic carbocycles. The van der Waals surface area contributed by atoms with E-state index in [9.17, 15) is 4.39 Å². The maximum Gasteiger partial charge on any atom is 0.131 e. The van der Waals surface area contributed by atoms with Gasteiger partial charge in [-0.25, -0.2) is 4.39 Å². The van der Waals surface area contributed by atoms with Gasteiger partial charge in [0.05, 0.1) is 0 Å². The first kappa shape index (κ1) is 16.3. The van der Waals surface area contributed by atoms with Gasteiger partial charge >= 0.3 is 0 Å². The lowest BCUT2D eigenvalue weighted by Gasteiger charge is -2.13. The molecule has 3 aromatic carbocycles. The number of aryl methyl sites for hydroxylation is 3. The summed E-state index contributed by atoms with van der Waals surface area (Å²) in [7, 11) is 0. The molecule has 24 heavy (non-hydrogen) atoms. The van der Waals surface area contributed by atoms with E-state index in [-0.39, 0.29) is 5.82 Å². The Labute approximate surface area is 143 Å². The van der Waals surface area contributed by atoms with E-state index in [1.165, 1.54) is 11.6 Å². The first-order valence-electron chi connectivity index (χ1n) is 8.39. The predicted molar refractivity (Wildman–Crippen MR) is 99.5 cm³/mol. The van der Waals surface area contributed by atoms with E-state index in [0.717, 1.165) is 41.6 Å². The van der Waals surface area contributed by atoms with Crippen LogP contribution < -0.4 is 5.73 Å². The number of nitrogen functional groups attached to an aromatic ring is 1. The van der Waals surface area contributed by atoms with Crippen molar-refractivity contribution in [3.8, 4) is 11.1 Å². The summed E-state index contributed by atoms with van der Waals surface area (Å²) in [6, 6.07) is 21.4. The minimum absolute atomic E-state index is 0.174. The van der Waals surface area contributed by atoms with Crippen molar-refractivity contribution in [1.82, 2.24) is 0 Å². The van der Waals surface area contributed by atoms with Gasteiger partial charge in [0, 0.05) is 11.3 Å². The second-order valence-corrected chi connectivity index (χ2v) is 6.03. The van der Waals surface area contributed by atoms with Gasteiger partial charge in [-0.3, -0.25) is 0 Å². The highest BCUT2D eigenvalue weighted by Crippen LogP contribution is 2.30. The van der Waals surface area contributed by atoms with Crippen molar-refractivity contribution in [2.75, 3.05) is 5.73 Å². The van der Waals surface area contributed by atoms with E-state index >= 15 is 0 Å². The molecular weight excluding hydrogens is 297 g/mol. The number of nitrogens with two attached hydrogens (primary N) is 1. The normalized spacial score (nSPS) is 10.8. The largest absolute Gasteiger partial charge is 0.399 e. The van der Waals surface area contributed by atoms with Crippen LogP contribution in [0.25, 0.3) is 11.1 Å². The zero-order chi connectivity index (χ0) is 16.9. The van der Waals surface area contributed by atoms with Gasteiger partial charge in [0.1, 0.15) is 5.82 Å². The molecule has 0 unspecified atom stereocenters. The minimum Gasteiger partial charge on any atom is -0.399 e. The number of anilines is 1. The minimum atomic E-state index is -0.174. The second-order valence-electron chi connectivity index (χ2n) is 6.03. The van der Waals surface area contributed by atoms with Gasteiger partial charge in [-0.1, -0.05) is 55.5 Å². The van der Waals surface area contributed by atoms with Crippen LogP contribution in [0.5, 0.6) is 0 Å². The number of rotatable bonds is 5. The molecule has 0 saturated carbocycles. The molecule has 0 radical (unpaired) electrons. The Bertz CT molecular complexity index is 825. The van der Waals surface area contributed by atoms with E-state index in [1.807, 2.05) is 42.5 Å². The Morgan fingerprint density at radius 2 is 1.62 bits per heavy atom. The van der Waals surface area contributed by atoms with Crippen molar-refractivity contribution in [1.29, 1.82) is 0 Å². The molecule has 2 N–H and O–H groups in total. The second kappa shape index (κ2) is 7.31. The number of benzene rings is 3. The Morgan fingerprint density at radius 1 is 0.833 bits per heavy atom. The van der Waals surface area contributed by atoms with Gasteiger partial charge in [-0.2, -0.15) is 0 Å². The van der Waals surface area contributed by atoms with Crippen LogP contribution in [0.4, 0.5) is 10.1 Å². The summed E-state index contributed by atoms with van der Waals surface area (Å²) in [4.78, 5) is 0. The SMILES string of the molecule is CCc1cc(-c2c(F)cccc2CCc2ccccc2)ccc1N. The molecule has 0 atom stereocenters. The maximum atomic E-state index is 14.6. The molecule has 0 heterocycles. The Kier molecular flexibility index (Phi) is 4.95. The third-order valence-electron chi connectivity index (χ3n) is 4.44. The summed E-state index contributed by atoms with van der Waals surface area (Å²) in [5.41, 5.74) is 11.7. The topological polar surface area (TPSA) is 26.0 Å². The van der Waals surface area contributed by atoms with Crippen LogP contribution in [-0.4, -0.2) is 0 Å². The van der Waals surface area contributed by atoms with Crippen molar-refractivity contribution in [2.24, 2.45) is 0 Å². The Hall–Kier alpha value is -2.61. The highest BCUT2D eigenvalue weighted by atomic mass is 19.1. The van der Waals surface area contributed by atoms with Crippen molar-refractivity contribution in [3.05, 3.63) is 89.2 Å². The third kappa shape index (κ3) is 3.48. The van der Waals surface area contributed by atoms with Crippen molar-refractivity contribution in [3.63, 3.8) is 0 Å². The lowest BCUT2D eigenvalue weighted by Crippen LogP contribution is -1.99. The lowest BCUT2D eigenvalue weighted by molar-refractivity contribution is 0.629. The third-order valence-corrected chi connectivity index (χ3v) is 4.44. The maximum absolute atomic E-state index is 14.6. The fourth-order valence-corrected chi connectivity index (χ4v) is 3.09. The van der Waals surface area contributed by atoms with Gasteiger partial charge in [-0.05, 0) is 59.7 Å². The standard InChI is InChI=1S/C22H22FN/c1-2-17-15-19(13-14-21(17)24)22-18(9-6-10-20(22)23)12-11-16-7-4-3-5-8-16/h3-10,13-15H,2,11-12,24H2,1H3. The molecule has 0 aromatic heterocycles. The van der Waals surface area contributed by atoms with Crippen molar-refractivity contribution in [2.45, 2.75) is 26.2 Å². The molecule has 0 bridgehead atoms. The molecule has 1 nitrogen and oxygen atoms in total. The van der Waals surface area contributed by atoms with Crippen LogP contribution in [0, 0.1) is 5.82 Å². The number of halogens is 1. The molecule has 0 fully saturated rings. The summed E-state index contributed by atoms with van der Waals surface area (Å²) in [6.45, 7) is 2.06. The number of hydrogen-bond donors (Lipinski definition) is 1. The van der Waals surface area contributed by atoms with Gasteiger partial charge in [-0.15, -0.1) is 0 Å². The van der Waals surface area contributed by atoms with E-state index in [2.05, 4.69) is 19.1 Å². The molecule has 0 aliphatic rings. The highest BCUT2D eigenvalue weighted by Gasteiger charge is 2.12. The average Bonchev–Trinajstić information content (AvgIpc) is 2.61. The van der Waals surface area contributed by atoms with Gasteiger partial charge in [0.2, 0.25) is 0 Å². The summed E-state index contributed by atoms with van der Waals surface area (Å²) < 4.78 is 14.6. The van der Waals surface area contributed by atoms with Crippen LogP contribution in [0.1, 0.15) is 23.6 Å². The van der Waals surface area contributed by atoms with Crippen LogP contribution in [0.2, 0.25) is 0 Å². The zero-order valence-corrected chi connectivity index (χ0v) is 13.9. The first-order chi connectivity index (χ1) is 11.7. The first-order valence-corrected chi connectivity index (χ1v) is 8.39. The molecular formula is C22H22FN. The highest BCUT2D eigenvalue weighted by molar-refractivity contribution is 5.71. The molecule has 3 aromatic rings. The molecule has 122 valence electrons. The summed E-state index contributed by atoms with van der Waals surface area (Å²) >= 11 is 0. The fourth-order valence-electron chi connectivity index (χ4n) is 3.09. The predicted octanol–water partition coefficient (Wildman–Crippen LogP) is 5.42. The van der Waals surface area contributed by atoms with E-state index in [0.29, 0.717) is 5.56 Å². The monoisotopic (exact) mass is 319 g/mol. The smallest absolute Gasteiger partial charge is 0.131 e. The van der Waals surface area contributed by atoms with Gasteiger partial charge < -0.3 is 5.73 Å². The fraction of sp³-hybridized carbons (Fsp3) is 0.182. The average molecular weight is 319 g/mol. The van der Waals surface area contributed by atoms with Crippen molar-refractivity contribution >= 4 is 5.69 Å². The van der Waals surface area contributed by atoms with Gasteiger partial charge in [0.25, 0.3) is 0 Å². The van der Waals surface area contributed by atoms with Crippen LogP contribution in [-0.2, 0) is 19.3 Å². The lowest BCUT2D eigenvalue weighted by atomic mass is 9.93. The summed E-state index contributed by atoms with van der Waals surface area (Å²) in [5.74, 6) is -0.174. The molecule has 0 spiro atoms. The van der Waals surface area contributed by atoms with Crippen LogP contribution >= 0.6 is 0 Å². The van der Waals surface area contributed by atoms with Crippen LogP contribution in [0.15, 0.2) is 66.7 Å². The van der Waals surface area contributed by atoms with E-state index in [4.69, 9.17) is 5.73 Å². The van der Waals surface area contributed by atoms with E-state index in [1.54, 1.807) is 6.07 Å². The molecule has 0 saturated heterocycles. The number of hydrogen-bond acceptors (Lipinski definition) is 1. The van der Waals surface area contributed by atoms with Crippen molar-refractivity contribution < 1.29 is 4.39 Å². The molecule has 0 amide bonds. The summed E-state index contributed by atoms with van der Waals surface area (Å²) in [6.07, 6.45) is 2.54.